The van der Waals surface area contributed by atoms with E-state index in [9.17, 15) is 21.9 Å². The molecule has 0 radical (unpaired) electrons. The summed E-state index contributed by atoms with van der Waals surface area (Å²) in [4.78, 5) is 0. The number of rotatable bonds is 6. The number of fused-ring (bicyclic) bond motifs is 16. The van der Waals surface area contributed by atoms with Crippen LogP contribution < -0.4 is 0 Å². The number of furan rings is 2. The van der Waals surface area contributed by atoms with Gasteiger partial charge in [0.2, 0.25) is 0 Å². The van der Waals surface area contributed by atoms with Crippen LogP contribution in [0.4, 0.5) is 0 Å². The second kappa shape index (κ2) is 21.7. The lowest BCUT2D eigenvalue weighted by atomic mass is 9.83. The monoisotopic (exact) mass is 1240 g/mol. The molecule has 20 rings (SSSR count). The van der Waals surface area contributed by atoms with Crippen molar-refractivity contribution in [1.29, 1.82) is 0 Å². The summed E-state index contributed by atoms with van der Waals surface area (Å²) in [5, 5.41) is -4.19. The standard InChI is InChI=1S/2C46H28O/c1-3-15-32-29(12-1)14-11-23-36(32)45-39-21-9-7-19-37(39)44(38-20-8-10-22-40(38)45)35-18-6-5-16-33(35)31-24-26-41-43(28-31)47-42-27-25-30-13-2-4-17-34(30)46(41)42;1-2-13-31-27-33(22-21-29(31)11-1)44-37-17-7-9-19-39(37)45(40-20-10-8-18-38(40)44)36-16-6-5-14-34(36)32-23-25-41-43(28-32)47-42-26-24-30-12-3-4-15-35(30)46(41)42/h2*1-28H/i1D,2D,3D,4D,5D,6D,7D,8D,9D,10D,11D,12D,13D,14D,15D,16D,17D,18D,19D,20D,21D,22D,23D,24D,25D,26D,27D,28D;1D,2D,7D,8D,9D,10D,11D,13D,17D,18D,19D,20D,21D,22D,27D. The molecule has 436 valence electrons. The fourth-order valence-electron chi connectivity index (χ4n) is 12.6. The van der Waals surface area contributed by atoms with Crippen LogP contribution in [0.2, 0.25) is 0 Å². The molecule has 0 N–H and O–H groups in total. The van der Waals surface area contributed by atoms with Crippen molar-refractivity contribution in [2.45, 2.75) is 0 Å². The Morgan fingerprint density at radius 3 is 1.39 bits per heavy atom. The molecule has 2 nitrogen and oxygen atoms in total. The van der Waals surface area contributed by atoms with E-state index in [1.165, 1.54) is 0 Å². The predicted octanol–water partition coefficient (Wildman–Crippen LogP) is 26.4. The minimum absolute atomic E-state index is 0.0240. The topological polar surface area (TPSA) is 26.3 Å². The van der Waals surface area contributed by atoms with Gasteiger partial charge < -0.3 is 8.83 Å². The third-order valence-electron chi connectivity index (χ3n) is 16.6. The summed E-state index contributed by atoms with van der Waals surface area (Å²) in [5.41, 5.74) is -4.32. The second-order valence-corrected chi connectivity index (χ2v) is 21.5. The van der Waals surface area contributed by atoms with Gasteiger partial charge >= 0.3 is 0 Å². The van der Waals surface area contributed by atoms with Crippen LogP contribution >= 0.6 is 0 Å². The molecule has 20 aromatic rings. The Balaban J connectivity index is 0.000000178. The molecular formula is C92H56O2. The molecule has 0 unspecified atom stereocenters. The van der Waals surface area contributed by atoms with Crippen LogP contribution in [-0.2, 0) is 0 Å². The second-order valence-electron chi connectivity index (χ2n) is 21.5. The van der Waals surface area contributed by atoms with E-state index in [1.807, 2.05) is 54.6 Å². The van der Waals surface area contributed by atoms with Gasteiger partial charge in [-0.15, -0.1) is 0 Å². The largest absolute Gasteiger partial charge is 0.456 e. The summed E-state index contributed by atoms with van der Waals surface area (Å²) in [5.74, 6) is 0. The first-order valence-corrected chi connectivity index (χ1v) is 28.9. The number of hydrogen-bond acceptors (Lipinski definition) is 2. The zero-order chi connectivity index (χ0) is 99.2. The van der Waals surface area contributed by atoms with Crippen molar-refractivity contribution in [2.24, 2.45) is 0 Å². The molecule has 0 saturated heterocycles. The number of hydrogen-bond donors (Lipinski definition) is 0. The molecule has 2 aromatic heterocycles. The van der Waals surface area contributed by atoms with Gasteiger partial charge in [0, 0.05) is 21.5 Å². The van der Waals surface area contributed by atoms with E-state index in [0.29, 0.717) is 27.9 Å². The molecule has 0 spiro atoms. The van der Waals surface area contributed by atoms with E-state index in [4.69, 9.17) is 45.8 Å². The van der Waals surface area contributed by atoms with Gasteiger partial charge in [-0.2, -0.15) is 0 Å². The van der Waals surface area contributed by atoms with E-state index in [-0.39, 0.29) is 38.1 Å². The zero-order valence-corrected chi connectivity index (χ0v) is 47.8. The van der Waals surface area contributed by atoms with Crippen molar-refractivity contribution < 1.29 is 67.8 Å². The molecular weight excluding hydrogens is 1140 g/mol. The van der Waals surface area contributed by atoms with Crippen molar-refractivity contribution in [3.63, 3.8) is 0 Å². The van der Waals surface area contributed by atoms with Gasteiger partial charge in [-0.05, 0) is 195 Å². The quantitative estimate of drug-likeness (QED) is 0.155. The van der Waals surface area contributed by atoms with Crippen LogP contribution in [0, 0.1) is 0 Å². The van der Waals surface area contributed by atoms with E-state index >= 15 is 0 Å². The molecule has 0 aliphatic heterocycles. The average Bonchev–Trinajstić information content (AvgIpc) is 1.51. The summed E-state index contributed by atoms with van der Waals surface area (Å²) < 4.78 is 400. The summed E-state index contributed by atoms with van der Waals surface area (Å²) in [6.07, 6.45) is 0. The lowest BCUT2D eigenvalue weighted by Gasteiger charge is -2.20. The van der Waals surface area contributed by atoms with E-state index in [0.717, 1.165) is 21.5 Å². The van der Waals surface area contributed by atoms with Crippen molar-refractivity contribution in [1.82, 2.24) is 0 Å². The number of benzene rings is 18. The molecule has 94 heavy (non-hydrogen) atoms. The summed E-state index contributed by atoms with van der Waals surface area (Å²) in [6.45, 7) is 0. The molecule has 0 aliphatic carbocycles. The lowest BCUT2D eigenvalue weighted by molar-refractivity contribution is 0.669. The molecule has 2 heterocycles. The minimum Gasteiger partial charge on any atom is -0.456 e. The first-order chi connectivity index (χ1) is 64.5. The van der Waals surface area contributed by atoms with Gasteiger partial charge in [-0.3, -0.25) is 0 Å². The molecule has 0 atom stereocenters. The van der Waals surface area contributed by atoms with Crippen molar-refractivity contribution in [2.75, 3.05) is 0 Å². The van der Waals surface area contributed by atoms with Crippen LogP contribution in [0.3, 0.4) is 0 Å². The molecule has 2 heteroatoms. The van der Waals surface area contributed by atoms with Crippen LogP contribution in [0.25, 0.3) is 197 Å². The zero-order valence-electron chi connectivity index (χ0n) is 90.8. The summed E-state index contributed by atoms with van der Waals surface area (Å²) >= 11 is 0. The molecule has 0 bridgehead atoms. The normalized spacial score (nSPS) is 18.2. The highest BCUT2D eigenvalue weighted by Gasteiger charge is 2.23. The highest BCUT2D eigenvalue weighted by molar-refractivity contribution is 6.27. The van der Waals surface area contributed by atoms with Crippen LogP contribution in [0.5, 0.6) is 0 Å². The highest BCUT2D eigenvalue weighted by Crippen LogP contribution is 2.50. The van der Waals surface area contributed by atoms with E-state index < -0.39 is 369 Å². The minimum atomic E-state index is -1.10. The van der Waals surface area contributed by atoms with E-state index in [2.05, 4.69) is 0 Å². The van der Waals surface area contributed by atoms with Gasteiger partial charge in [-0.25, -0.2) is 0 Å². The Morgan fingerprint density at radius 1 is 0.202 bits per heavy atom. The third-order valence-corrected chi connectivity index (χ3v) is 16.6. The van der Waals surface area contributed by atoms with Crippen molar-refractivity contribution in [3.05, 3.63) is 339 Å². The maximum Gasteiger partial charge on any atom is 0.136 e. The Kier molecular flexibility index (Phi) is 6.01. The molecule has 0 fully saturated rings. The van der Waals surface area contributed by atoms with Crippen LogP contribution in [0.15, 0.2) is 348 Å². The smallest absolute Gasteiger partial charge is 0.136 e. The Hall–Kier alpha value is -12.4. The molecule has 18 aromatic carbocycles. The van der Waals surface area contributed by atoms with Gasteiger partial charge in [0.1, 0.15) is 22.3 Å². The highest BCUT2D eigenvalue weighted by atomic mass is 16.3. The Morgan fingerprint density at radius 2 is 0.691 bits per heavy atom. The van der Waals surface area contributed by atoms with Gasteiger partial charge in [0.05, 0.1) is 58.9 Å². The molecule has 0 aliphatic rings. The fourth-order valence-corrected chi connectivity index (χ4v) is 12.6. The molecule has 0 saturated carbocycles. The SMILES string of the molecule is [2H]c1c([2H])c([2H])c(-c2c3c([2H])c([2H])c([2H])c([2H])c3c(-c3c([2H])c([2H])c([2H])c4c([2H])c([2H])c([2H])c([2H])c34)c3c([2H])c([2H])c([2H])c([2H])c23)c(-c2c([2H])c([2H])c3c(oc4c([2H])c([2H])c5c([2H])c([2H])c([2H])c([2H])c5c43)c2[2H])c1[2H].[2H]c1c([2H])c([2H])c2c([2H])c(-c3c4c([2H])c([2H])c([2H])c([2H])c4c(-c4ccccc4-c4ccc5c(c4)oc4ccc6ccccc6c45)c4c([2H])c([2H])c([2H])c([2H])c34)c([2H])c([2H])c2c1[2H]. The van der Waals surface area contributed by atoms with Crippen molar-refractivity contribution >= 4 is 130 Å². The third kappa shape index (κ3) is 8.51. The van der Waals surface area contributed by atoms with Crippen LogP contribution in [-0.4, -0.2) is 0 Å². The van der Waals surface area contributed by atoms with Crippen molar-refractivity contribution in [3.8, 4) is 66.8 Å². The predicted molar refractivity (Wildman–Crippen MR) is 400 cm³/mol. The first-order valence-electron chi connectivity index (χ1n) is 50.4. The van der Waals surface area contributed by atoms with Gasteiger partial charge in [0.15, 0.2) is 0 Å². The van der Waals surface area contributed by atoms with E-state index in [1.54, 1.807) is 24.3 Å². The maximum absolute atomic E-state index is 9.69. The Labute approximate surface area is 602 Å². The maximum atomic E-state index is 9.69. The average molecular weight is 1240 g/mol. The van der Waals surface area contributed by atoms with Gasteiger partial charge in [-0.1, -0.05) is 296 Å². The summed E-state index contributed by atoms with van der Waals surface area (Å²) in [7, 11) is 0. The first kappa shape index (κ1) is 26.1. The van der Waals surface area contributed by atoms with Gasteiger partial charge in [0.25, 0.3) is 0 Å². The van der Waals surface area contributed by atoms with Crippen LogP contribution in [0.1, 0.15) is 58.9 Å². The Bertz CT molecular complexity index is 9020. The summed E-state index contributed by atoms with van der Waals surface area (Å²) in [6, 6.07) is -12.0. The lowest BCUT2D eigenvalue weighted by Crippen LogP contribution is -1.93. The fraction of sp³-hybridized carbons (Fsp3) is 0. The molecule has 0 amide bonds.